The third-order valence-electron chi connectivity index (χ3n) is 3.83. The Labute approximate surface area is 122 Å². The zero-order valence-corrected chi connectivity index (χ0v) is 12.7. The first-order chi connectivity index (χ1) is 8.99. The van der Waals surface area contributed by atoms with E-state index in [0.29, 0.717) is 5.92 Å². The third kappa shape index (κ3) is 3.28. The van der Waals surface area contributed by atoms with E-state index in [0.717, 1.165) is 41.7 Å². The molecule has 0 amide bonds. The van der Waals surface area contributed by atoms with Crippen molar-refractivity contribution >= 4 is 27.5 Å². The molecule has 1 atom stereocenters. The molecule has 1 aliphatic heterocycles. The summed E-state index contributed by atoms with van der Waals surface area (Å²) in [7, 11) is 0. The van der Waals surface area contributed by atoms with Crippen LogP contribution in [0.25, 0.3) is 0 Å². The number of anilines is 1. The molecule has 1 fully saturated rings. The Morgan fingerprint density at radius 1 is 1.47 bits per heavy atom. The van der Waals surface area contributed by atoms with Gasteiger partial charge in [-0.2, -0.15) is 0 Å². The maximum absolute atomic E-state index is 9.61. The topological polar surface area (TPSA) is 73.3 Å². The number of nitrogens with zero attached hydrogens (tertiary/aromatic N) is 1. The van der Waals surface area contributed by atoms with E-state index in [9.17, 15) is 5.11 Å². The third-order valence-corrected chi connectivity index (χ3v) is 4.49. The number of halogens is 1. The number of benzene rings is 1. The van der Waals surface area contributed by atoms with E-state index in [1.54, 1.807) is 0 Å². The average molecular weight is 326 g/mol. The van der Waals surface area contributed by atoms with Gasteiger partial charge in [-0.1, -0.05) is 0 Å². The molecule has 0 bridgehead atoms. The standard InChI is InChI=1S/C14H20BrN3O/c1-9(19)10-4-6-18(7-5-10)11-2-3-12(14(16)17)13(15)8-11/h2-3,8-10,19H,4-7H2,1H3,(H3,16,17). The molecule has 1 aromatic carbocycles. The summed E-state index contributed by atoms with van der Waals surface area (Å²) in [6.45, 7) is 3.79. The van der Waals surface area contributed by atoms with E-state index in [1.165, 1.54) is 0 Å². The van der Waals surface area contributed by atoms with Gasteiger partial charge in [0.05, 0.1) is 6.10 Å². The van der Waals surface area contributed by atoms with E-state index >= 15 is 0 Å². The largest absolute Gasteiger partial charge is 0.393 e. The van der Waals surface area contributed by atoms with Crippen molar-refractivity contribution in [3.63, 3.8) is 0 Å². The Morgan fingerprint density at radius 3 is 2.58 bits per heavy atom. The van der Waals surface area contributed by atoms with E-state index in [4.69, 9.17) is 11.1 Å². The number of aliphatic hydroxyl groups is 1. The van der Waals surface area contributed by atoms with E-state index in [-0.39, 0.29) is 11.9 Å². The molecule has 4 nitrogen and oxygen atoms in total. The molecular formula is C14H20BrN3O. The predicted octanol–water partition coefficient (Wildman–Crippen LogP) is 2.33. The molecule has 2 rings (SSSR count). The molecule has 4 N–H and O–H groups in total. The summed E-state index contributed by atoms with van der Waals surface area (Å²) < 4.78 is 0.857. The molecule has 0 spiro atoms. The van der Waals surface area contributed by atoms with Gasteiger partial charge in [0.1, 0.15) is 5.84 Å². The predicted molar refractivity (Wildman–Crippen MR) is 81.8 cm³/mol. The zero-order valence-electron chi connectivity index (χ0n) is 11.1. The van der Waals surface area contributed by atoms with Gasteiger partial charge in [-0.3, -0.25) is 5.41 Å². The van der Waals surface area contributed by atoms with Crippen molar-refractivity contribution in [2.24, 2.45) is 11.7 Å². The summed E-state index contributed by atoms with van der Waals surface area (Å²) in [6.07, 6.45) is 1.82. The molecule has 0 aromatic heterocycles. The monoisotopic (exact) mass is 325 g/mol. The highest BCUT2D eigenvalue weighted by Gasteiger charge is 2.23. The van der Waals surface area contributed by atoms with Crippen molar-refractivity contribution in [3.05, 3.63) is 28.2 Å². The van der Waals surface area contributed by atoms with Crippen LogP contribution in [0, 0.1) is 11.3 Å². The number of nitrogens with two attached hydrogens (primary N) is 1. The Balaban J connectivity index is 2.08. The number of hydrogen-bond donors (Lipinski definition) is 3. The lowest BCUT2D eigenvalue weighted by molar-refractivity contribution is 0.110. The number of nitrogens with one attached hydrogen (secondary N) is 1. The van der Waals surface area contributed by atoms with Gasteiger partial charge in [-0.05, 0) is 59.8 Å². The number of rotatable bonds is 3. The van der Waals surface area contributed by atoms with Crippen molar-refractivity contribution in [2.75, 3.05) is 18.0 Å². The van der Waals surface area contributed by atoms with Crippen molar-refractivity contribution in [1.29, 1.82) is 5.41 Å². The molecule has 1 unspecified atom stereocenters. The van der Waals surface area contributed by atoms with Crippen LogP contribution in [-0.2, 0) is 0 Å². The Morgan fingerprint density at radius 2 is 2.11 bits per heavy atom. The summed E-state index contributed by atoms with van der Waals surface area (Å²) in [5.74, 6) is 0.488. The lowest BCUT2D eigenvalue weighted by Gasteiger charge is -2.35. The van der Waals surface area contributed by atoms with E-state index in [1.807, 2.05) is 25.1 Å². The minimum absolute atomic E-state index is 0.0752. The van der Waals surface area contributed by atoms with Crippen LogP contribution >= 0.6 is 15.9 Å². The number of amidine groups is 1. The van der Waals surface area contributed by atoms with Gasteiger partial charge >= 0.3 is 0 Å². The lowest BCUT2D eigenvalue weighted by atomic mass is 9.92. The first-order valence-electron chi connectivity index (χ1n) is 6.56. The van der Waals surface area contributed by atoms with Crippen molar-refractivity contribution in [1.82, 2.24) is 0 Å². The Kier molecular flexibility index (Phi) is 4.47. The van der Waals surface area contributed by atoms with Crippen LogP contribution in [0.2, 0.25) is 0 Å². The number of hydrogen-bond acceptors (Lipinski definition) is 3. The number of nitrogen functional groups attached to an aromatic ring is 1. The van der Waals surface area contributed by atoms with Crippen molar-refractivity contribution in [3.8, 4) is 0 Å². The molecule has 1 heterocycles. The molecule has 0 saturated carbocycles. The van der Waals surface area contributed by atoms with Crippen LogP contribution < -0.4 is 10.6 Å². The first kappa shape index (κ1) is 14.3. The van der Waals surface area contributed by atoms with Crippen LogP contribution in [-0.4, -0.2) is 30.1 Å². The minimum atomic E-state index is -0.214. The fourth-order valence-corrected chi connectivity index (χ4v) is 3.14. The maximum Gasteiger partial charge on any atom is 0.123 e. The summed E-state index contributed by atoms with van der Waals surface area (Å²) in [5, 5.41) is 17.1. The molecule has 1 aromatic rings. The molecule has 0 radical (unpaired) electrons. The molecule has 19 heavy (non-hydrogen) atoms. The van der Waals surface area contributed by atoms with Crippen molar-refractivity contribution in [2.45, 2.75) is 25.9 Å². The molecule has 1 aliphatic rings. The second-order valence-electron chi connectivity index (χ2n) is 5.14. The quantitative estimate of drug-likeness (QED) is 0.590. The van der Waals surface area contributed by atoms with Gasteiger partial charge in [-0.15, -0.1) is 0 Å². The van der Waals surface area contributed by atoms with Crippen LogP contribution in [0.1, 0.15) is 25.3 Å². The SMILES string of the molecule is CC(O)C1CCN(c2ccc(C(=N)N)c(Br)c2)CC1. The number of piperidine rings is 1. The second kappa shape index (κ2) is 5.92. The Hall–Kier alpha value is -1.07. The fourth-order valence-electron chi connectivity index (χ4n) is 2.56. The van der Waals surface area contributed by atoms with Gasteiger partial charge < -0.3 is 15.7 Å². The van der Waals surface area contributed by atoms with Crippen LogP contribution in [0.4, 0.5) is 5.69 Å². The average Bonchev–Trinajstić information content (AvgIpc) is 2.38. The highest BCUT2D eigenvalue weighted by Crippen LogP contribution is 2.28. The summed E-state index contributed by atoms with van der Waals surface area (Å²) in [4.78, 5) is 2.31. The van der Waals surface area contributed by atoms with Gasteiger partial charge in [-0.25, -0.2) is 0 Å². The Bertz CT molecular complexity index is 468. The van der Waals surface area contributed by atoms with Gasteiger partial charge in [0.2, 0.25) is 0 Å². The highest BCUT2D eigenvalue weighted by atomic mass is 79.9. The van der Waals surface area contributed by atoms with E-state index < -0.39 is 0 Å². The smallest absolute Gasteiger partial charge is 0.123 e. The van der Waals surface area contributed by atoms with Crippen LogP contribution in [0.3, 0.4) is 0 Å². The fraction of sp³-hybridized carbons (Fsp3) is 0.500. The molecule has 104 valence electrons. The summed E-state index contributed by atoms with van der Waals surface area (Å²) in [5.41, 5.74) is 7.37. The van der Waals surface area contributed by atoms with E-state index in [2.05, 4.69) is 20.8 Å². The zero-order chi connectivity index (χ0) is 14.0. The first-order valence-corrected chi connectivity index (χ1v) is 7.35. The molecule has 1 saturated heterocycles. The van der Waals surface area contributed by atoms with Gasteiger partial charge in [0.15, 0.2) is 0 Å². The van der Waals surface area contributed by atoms with Gasteiger partial charge in [0, 0.05) is 28.8 Å². The maximum atomic E-state index is 9.61. The normalized spacial score (nSPS) is 18.4. The molecular weight excluding hydrogens is 306 g/mol. The van der Waals surface area contributed by atoms with Crippen LogP contribution in [0.15, 0.2) is 22.7 Å². The van der Waals surface area contributed by atoms with Gasteiger partial charge in [0.25, 0.3) is 0 Å². The second-order valence-corrected chi connectivity index (χ2v) is 6.00. The summed E-state index contributed by atoms with van der Waals surface area (Å²) in [6, 6.07) is 5.89. The lowest BCUT2D eigenvalue weighted by Crippen LogP contribution is -2.37. The number of aliphatic hydroxyl groups excluding tert-OH is 1. The highest BCUT2D eigenvalue weighted by molar-refractivity contribution is 9.10. The minimum Gasteiger partial charge on any atom is -0.393 e. The van der Waals surface area contributed by atoms with Crippen LogP contribution in [0.5, 0.6) is 0 Å². The molecule has 0 aliphatic carbocycles. The summed E-state index contributed by atoms with van der Waals surface area (Å²) >= 11 is 3.46. The molecule has 5 heteroatoms. The van der Waals surface area contributed by atoms with Crippen molar-refractivity contribution < 1.29 is 5.11 Å².